The summed E-state index contributed by atoms with van der Waals surface area (Å²) >= 11 is 3.42. The van der Waals surface area contributed by atoms with Crippen LogP contribution in [-0.2, 0) is 0 Å². The number of aromatic nitrogens is 2. The van der Waals surface area contributed by atoms with E-state index in [4.69, 9.17) is 0 Å². The molecule has 3 aromatic carbocycles. The SMILES string of the molecule is O=C(c1ccc([N+](=O)[O-])cc1)n1c(Br)nc(-c2ccccc2)c1-c1ccccc1. The molecule has 0 unspecified atom stereocenters. The molecule has 0 aliphatic rings. The highest BCUT2D eigenvalue weighted by atomic mass is 79.9. The standard InChI is InChI=1S/C22H14BrN3O3/c23-22-24-19(15-7-3-1-4-8-15)20(16-9-5-2-6-10-16)25(22)21(27)17-11-13-18(14-12-17)26(28)29/h1-14H. The van der Waals surface area contributed by atoms with Crippen LogP contribution in [0.3, 0.4) is 0 Å². The highest BCUT2D eigenvalue weighted by Gasteiger charge is 2.24. The van der Waals surface area contributed by atoms with Crippen LogP contribution < -0.4 is 0 Å². The summed E-state index contributed by atoms with van der Waals surface area (Å²) in [6, 6.07) is 24.7. The number of nitro groups is 1. The van der Waals surface area contributed by atoms with Crippen molar-refractivity contribution in [2.45, 2.75) is 0 Å². The molecule has 4 rings (SSSR count). The van der Waals surface area contributed by atoms with Crippen LogP contribution in [-0.4, -0.2) is 20.4 Å². The molecule has 0 saturated heterocycles. The van der Waals surface area contributed by atoms with Crippen molar-refractivity contribution in [2.24, 2.45) is 0 Å². The average molecular weight is 448 g/mol. The Hall–Kier alpha value is -3.58. The number of hydrogen-bond acceptors (Lipinski definition) is 4. The fraction of sp³-hybridized carbons (Fsp3) is 0. The minimum absolute atomic E-state index is 0.0699. The molecule has 7 heteroatoms. The van der Waals surface area contributed by atoms with Crippen LogP contribution in [0.5, 0.6) is 0 Å². The quantitative estimate of drug-likeness (QED) is 0.302. The molecule has 6 nitrogen and oxygen atoms in total. The Labute approximate surface area is 174 Å². The normalized spacial score (nSPS) is 10.7. The Morgan fingerprint density at radius 3 is 1.97 bits per heavy atom. The molecule has 0 amide bonds. The summed E-state index contributed by atoms with van der Waals surface area (Å²) in [5.41, 5.74) is 3.28. The minimum atomic E-state index is -0.496. The summed E-state index contributed by atoms with van der Waals surface area (Å²) in [5, 5.41) is 10.9. The van der Waals surface area contributed by atoms with E-state index < -0.39 is 4.92 Å². The van der Waals surface area contributed by atoms with Crippen LogP contribution in [0, 0.1) is 10.1 Å². The third-order valence-corrected chi connectivity index (χ3v) is 4.99. The molecule has 0 aliphatic heterocycles. The predicted molar refractivity (Wildman–Crippen MR) is 114 cm³/mol. The van der Waals surface area contributed by atoms with Crippen molar-refractivity contribution in [2.75, 3.05) is 0 Å². The van der Waals surface area contributed by atoms with E-state index in [1.54, 1.807) is 0 Å². The van der Waals surface area contributed by atoms with Gasteiger partial charge in [-0.1, -0.05) is 60.7 Å². The number of halogens is 1. The monoisotopic (exact) mass is 447 g/mol. The Kier molecular flexibility index (Phi) is 5.05. The van der Waals surface area contributed by atoms with Gasteiger partial charge in [0.15, 0.2) is 4.73 Å². The van der Waals surface area contributed by atoms with E-state index in [0.717, 1.165) is 11.1 Å². The number of hydrogen-bond donors (Lipinski definition) is 0. The second kappa shape index (κ2) is 7.81. The fourth-order valence-electron chi connectivity index (χ4n) is 3.09. The number of carbonyl (C=O) groups excluding carboxylic acids is 1. The summed E-state index contributed by atoms with van der Waals surface area (Å²) in [5.74, 6) is -0.333. The van der Waals surface area contributed by atoms with Crippen LogP contribution in [0.25, 0.3) is 22.5 Å². The first-order valence-corrected chi connectivity index (χ1v) is 9.54. The molecule has 0 aliphatic carbocycles. The van der Waals surface area contributed by atoms with Gasteiger partial charge in [-0.15, -0.1) is 0 Å². The van der Waals surface area contributed by atoms with Crippen molar-refractivity contribution in [1.29, 1.82) is 0 Å². The molecule has 142 valence electrons. The lowest BCUT2D eigenvalue weighted by Gasteiger charge is -2.10. The van der Waals surface area contributed by atoms with E-state index in [1.807, 2.05) is 60.7 Å². The first-order valence-electron chi connectivity index (χ1n) is 8.74. The van der Waals surface area contributed by atoms with Gasteiger partial charge in [0.25, 0.3) is 11.6 Å². The molecular weight excluding hydrogens is 434 g/mol. The molecule has 0 radical (unpaired) electrons. The fourth-order valence-corrected chi connectivity index (χ4v) is 3.61. The van der Waals surface area contributed by atoms with Crippen molar-refractivity contribution in [3.63, 3.8) is 0 Å². The molecule has 0 saturated carbocycles. The van der Waals surface area contributed by atoms with E-state index in [-0.39, 0.29) is 11.6 Å². The summed E-state index contributed by atoms with van der Waals surface area (Å²) in [4.78, 5) is 28.3. The van der Waals surface area contributed by atoms with E-state index in [1.165, 1.54) is 28.8 Å². The van der Waals surface area contributed by atoms with E-state index in [9.17, 15) is 14.9 Å². The molecule has 0 bridgehead atoms. The van der Waals surface area contributed by atoms with Crippen molar-refractivity contribution in [3.8, 4) is 22.5 Å². The lowest BCUT2D eigenvalue weighted by molar-refractivity contribution is -0.384. The largest absolute Gasteiger partial charge is 0.269 e. The van der Waals surface area contributed by atoms with Gasteiger partial charge in [-0.2, -0.15) is 0 Å². The zero-order valence-electron chi connectivity index (χ0n) is 15.0. The number of non-ortho nitro benzene ring substituents is 1. The lowest BCUT2D eigenvalue weighted by atomic mass is 10.0. The minimum Gasteiger partial charge on any atom is -0.268 e. The molecule has 4 aromatic rings. The van der Waals surface area contributed by atoms with Crippen molar-refractivity contribution < 1.29 is 9.72 Å². The van der Waals surface area contributed by atoms with Crippen LogP contribution in [0.2, 0.25) is 0 Å². The summed E-state index contributed by atoms with van der Waals surface area (Å²) in [6.45, 7) is 0. The Morgan fingerprint density at radius 1 is 0.862 bits per heavy atom. The van der Waals surface area contributed by atoms with E-state index in [2.05, 4.69) is 20.9 Å². The highest BCUT2D eigenvalue weighted by Crippen LogP contribution is 2.35. The van der Waals surface area contributed by atoms with Crippen molar-refractivity contribution in [1.82, 2.24) is 9.55 Å². The summed E-state index contributed by atoms with van der Waals surface area (Å²) in [7, 11) is 0. The second-order valence-electron chi connectivity index (χ2n) is 6.25. The lowest BCUT2D eigenvalue weighted by Crippen LogP contribution is -2.14. The number of benzene rings is 3. The maximum absolute atomic E-state index is 13.3. The van der Waals surface area contributed by atoms with Crippen LogP contribution >= 0.6 is 15.9 Å². The van der Waals surface area contributed by atoms with Crippen LogP contribution in [0.4, 0.5) is 5.69 Å². The van der Waals surface area contributed by atoms with Crippen LogP contribution in [0.1, 0.15) is 10.4 Å². The number of nitrogens with zero attached hydrogens (tertiary/aromatic N) is 3. The zero-order valence-corrected chi connectivity index (χ0v) is 16.6. The van der Waals surface area contributed by atoms with Gasteiger partial charge in [-0.05, 0) is 28.1 Å². The zero-order chi connectivity index (χ0) is 20.4. The van der Waals surface area contributed by atoms with Gasteiger partial charge in [0, 0.05) is 28.8 Å². The third kappa shape index (κ3) is 3.60. The topological polar surface area (TPSA) is 78.0 Å². The molecule has 0 fully saturated rings. The van der Waals surface area contributed by atoms with Crippen molar-refractivity contribution >= 4 is 27.5 Å². The van der Waals surface area contributed by atoms with Gasteiger partial charge in [0.1, 0.15) is 0 Å². The Morgan fingerprint density at radius 2 is 1.41 bits per heavy atom. The number of nitro benzene ring substituents is 1. The van der Waals surface area contributed by atoms with Crippen molar-refractivity contribution in [3.05, 3.63) is 105 Å². The first kappa shape index (κ1) is 18.8. The van der Waals surface area contributed by atoms with Gasteiger partial charge in [-0.3, -0.25) is 19.5 Å². The summed E-state index contributed by atoms with van der Waals surface area (Å²) < 4.78 is 1.84. The maximum atomic E-state index is 13.3. The average Bonchev–Trinajstić information content (AvgIpc) is 3.11. The third-order valence-electron chi connectivity index (χ3n) is 4.46. The van der Waals surface area contributed by atoms with Gasteiger partial charge in [0.05, 0.1) is 16.3 Å². The molecule has 0 spiro atoms. The molecule has 29 heavy (non-hydrogen) atoms. The number of carbonyl (C=O) groups is 1. The molecular formula is C22H14BrN3O3. The van der Waals surface area contributed by atoms with Gasteiger partial charge >= 0.3 is 0 Å². The highest BCUT2D eigenvalue weighted by molar-refractivity contribution is 9.10. The molecule has 1 aromatic heterocycles. The number of rotatable bonds is 4. The second-order valence-corrected chi connectivity index (χ2v) is 6.96. The summed E-state index contributed by atoms with van der Waals surface area (Å²) in [6.07, 6.45) is 0. The van der Waals surface area contributed by atoms with E-state index in [0.29, 0.717) is 21.7 Å². The number of imidazole rings is 1. The van der Waals surface area contributed by atoms with Crippen LogP contribution in [0.15, 0.2) is 89.7 Å². The molecule has 0 N–H and O–H groups in total. The van der Waals surface area contributed by atoms with E-state index >= 15 is 0 Å². The Balaban J connectivity index is 1.90. The predicted octanol–water partition coefficient (Wildman–Crippen LogP) is 5.58. The molecule has 1 heterocycles. The van der Waals surface area contributed by atoms with Gasteiger partial charge in [-0.25, -0.2) is 4.98 Å². The Bertz CT molecular complexity index is 1190. The maximum Gasteiger partial charge on any atom is 0.269 e. The smallest absolute Gasteiger partial charge is 0.268 e. The molecule has 0 atom stereocenters. The van der Waals surface area contributed by atoms with Gasteiger partial charge < -0.3 is 0 Å². The first-order chi connectivity index (χ1) is 14.1. The van der Waals surface area contributed by atoms with Gasteiger partial charge in [0.2, 0.25) is 0 Å².